The van der Waals surface area contributed by atoms with E-state index in [1.807, 2.05) is 0 Å². The molecule has 2 rings (SSSR count). The van der Waals surface area contributed by atoms with Gasteiger partial charge in [-0.3, -0.25) is 4.79 Å². The van der Waals surface area contributed by atoms with Crippen molar-refractivity contribution < 1.29 is 23.1 Å². The zero-order chi connectivity index (χ0) is 13.2. The van der Waals surface area contributed by atoms with Crippen molar-refractivity contribution in [3.8, 4) is 0 Å². The van der Waals surface area contributed by atoms with Crippen molar-refractivity contribution in [3.63, 3.8) is 0 Å². The molecule has 2 aliphatic heterocycles. The first-order valence-corrected chi connectivity index (χ1v) is 7.85. The van der Waals surface area contributed by atoms with Crippen molar-refractivity contribution in [2.75, 3.05) is 19.8 Å². The maximum absolute atomic E-state index is 12.5. The zero-order valence-electron chi connectivity index (χ0n) is 10.2. The molecule has 2 saturated heterocycles. The molecule has 104 valence electrons. The van der Waals surface area contributed by atoms with Crippen LogP contribution in [0.1, 0.15) is 32.1 Å². The normalized spacial score (nSPS) is 28.1. The fraction of sp³-hybridized carbons (Fsp3) is 0.909. The van der Waals surface area contributed by atoms with E-state index in [9.17, 15) is 13.2 Å². The summed E-state index contributed by atoms with van der Waals surface area (Å²) in [6.07, 6.45) is 2.86. The van der Waals surface area contributed by atoms with Crippen LogP contribution in [0.3, 0.4) is 0 Å². The van der Waals surface area contributed by atoms with Crippen molar-refractivity contribution in [2.45, 2.75) is 43.4 Å². The first kappa shape index (κ1) is 13.8. The van der Waals surface area contributed by atoms with Gasteiger partial charge < -0.3 is 9.84 Å². The van der Waals surface area contributed by atoms with Gasteiger partial charge in [-0.25, -0.2) is 8.42 Å². The highest BCUT2D eigenvalue weighted by molar-refractivity contribution is 7.89. The third-order valence-electron chi connectivity index (χ3n) is 3.66. The second-order valence-electron chi connectivity index (χ2n) is 4.82. The van der Waals surface area contributed by atoms with E-state index in [0.29, 0.717) is 39.0 Å². The second kappa shape index (κ2) is 5.54. The third kappa shape index (κ3) is 2.67. The lowest BCUT2D eigenvalue weighted by Gasteiger charge is -2.35. The topological polar surface area (TPSA) is 83.9 Å². The van der Waals surface area contributed by atoms with E-state index >= 15 is 0 Å². The van der Waals surface area contributed by atoms with Gasteiger partial charge in [0.2, 0.25) is 10.0 Å². The Hall–Kier alpha value is -0.660. The number of ether oxygens (including phenoxy) is 1. The van der Waals surface area contributed by atoms with E-state index in [-0.39, 0.29) is 0 Å². The number of aliphatic carboxylic acids is 1. The zero-order valence-corrected chi connectivity index (χ0v) is 11.1. The summed E-state index contributed by atoms with van der Waals surface area (Å²) in [5.41, 5.74) is 0. The summed E-state index contributed by atoms with van der Waals surface area (Å²) in [7, 11) is -3.51. The molecule has 0 saturated carbocycles. The number of hydrogen-bond donors (Lipinski definition) is 1. The van der Waals surface area contributed by atoms with Crippen LogP contribution in [-0.4, -0.2) is 54.8 Å². The van der Waals surface area contributed by atoms with E-state index in [4.69, 9.17) is 9.84 Å². The summed E-state index contributed by atoms with van der Waals surface area (Å²) in [6, 6.07) is -0.883. The first-order valence-electron chi connectivity index (χ1n) is 6.34. The molecule has 6 nitrogen and oxygen atoms in total. The highest BCUT2D eigenvalue weighted by atomic mass is 32.2. The summed E-state index contributed by atoms with van der Waals surface area (Å²) in [5, 5.41) is 8.66. The fourth-order valence-electron chi connectivity index (χ4n) is 2.62. The van der Waals surface area contributed by atoms with Gasteiger partial charge in [-0.1, -0.05) is 0 Å². The molecular weight excluding hydrogens is 258 g/mol. The van der Waals surface area contributed by atoms with Gasteiger partial charge in [0.15, 0.2) is 0 Å². The van der Waals surface area contributed by atoms with Gasteiger partial charge in [0.1, 0.15) is 6.04 Å². The largest absolute Gasteiger partial charge is 0.480 e. The van der Waals surface area contributed by atoms with Gasteiger partial charge in [-0.05, 0) is 32.1 Å². The Morgan fingerprint density at radius 3 is 2.44 bits per heavy atom. The number of rotatable bonds is 3. The molecule has 0 aromatic carbocycles. The molecule has 1 atom stereocenters. The van der Waals surface area contributed by atoms with E-state index < -0.39 is 27.3 Å². The highest BCUT2D eigenvalue weighted by Gasteiger charge is 2.41. The summed E-state index contributed by atoms with van der Waals surface area (Å²) in [5.74, 6) is -1.04. The van der Waals surface area contributed by atoms with Crippen molar-refractivity contribution in [1.29, 1.82) is 0 Å². The summed E-state index contributed by atoms with van der Waals surface area (Å²) < 4.78 is 31.3. The van der Waals surface area contributed by atoms with Crippen LogP contribution in [0.4, 0.5) is 0 Å². The first-order chi connectivity index (χ1) is 8.53. The van der Waals surface area contributed by atoms with E-state index in [2.05, 4.69) is 0 Å². The molecule has 0 radical (unpaired) electrons. The molecule has 0 spiro atoms. The van der Waals surface area contributed by atoms with Crippen molar-refractivity contribution in [1.82, 2.24) is 4.31 Å². The molecule has 0 aromatic heterocycles. The molecular formula is C11H19NO5S. The molecule has 2 aliphatic rings. The van der Waals surface area contributed by atoms with Crippen LogP contribution >= 0.6 is 0 Å². The molecule has 0 aromatic rings. The number of carboxylic acid groups (broad SMARTS) is 1. The van der Waals surface area contributed by atoms with Crippen molar-refractivity contribution in [2.24, 2.45) is 0 Å². The maximum atomic E-state index is 12.5. The molecule has 7 heteroatoms. The Morgan fingerprint density at radius 1 is 1.17 bits per heavy atom. The van der Waals surface area contributed by atoms with Crippen LogP contribution in [0.2, 0.25) is 0 Å². The molecule has 1 N–H and O–H groups in total. The van der Waals surface area contributed by atoms with Gasteiger partial charge in [0.25, 0.3) is 0 Å². The monoisotopic (exact) mass is 277 g/mol. The SMILES string of the molecule is O=C(O)C1CCCCN1S(=O)(=O)C1CCOCC1. The minimum absolute atomic E-state index is 0.330. The molecule has 2 fully saturated rings. The Labute approximate surface area is 107 Å². The standard InChI is InChI=1S/C11H19NO5S/c13-11(14)10-3-1-2-6-12(10)18(15,16)9-4-7-17-8-5-9/h9-10H,1-8H2,(H,13,14). The van der Waals surface area contributed by atoms with E-state index in [1.165, 1.54) is 4.31 Å². The van der Waals surface area contributed by atoms with Gasteiger partial charge in [0, 0.05) is 19.8 Å². The Bertz CT molecular complexity index is 402. The van der Waals surface area contributed by atoms with E-state index in [1.54, 1.807) is 0 Å². The maximum Gasteiger partial charge on any atom is 0.322 e. The van der Waals surface area contributed by atoms with Crippen molar-refractivity contribution >= 4 is 16.0 Å². The average Bonchev–Trinajstić information content (AvgIpc) is 2.39. The fourth-order valence-corrected chi connectivity index (χ4v) is 4.73. The molecule has 0 aliphatic carbocycles. The second-order valence-corrected chi connectivity index (χ2v) is 6.98. The molecule has 2 heterocycles. The highest BCUT2D eigenvalue weighted by Crippen LogP contribution is 2.26. The lowest BCUT2D eigenvalue weighted by Crippen LogP contribution is -2.51. The quantitative estimate of drug-likeness (QED) is 0.809. The van der Waals surface area contributed by atoms with Crippen LogP contribution in [-0.2, 0) is 19.6 Å². The van der Waals surface area contributed by atoms with Gasteiger partial charge >= 0.3 is 5.97 Å². The van der Waals surface area contributed by atoms with Crippen LogP contribution in [0.5, 0.6) is 0 Å². The lowest BCUT2D eigenvalue weighted by atomic mass is 10.1. The van der Waals surface area contributed by atoms with E-state index in [0.717, 1.165) is 12.8 Å². The average molecular weight is 277 g/mol. The van der Waals surface area contributed by atoms with Gasteiger partial charge in [-0.2, -0.15) is 4.31 Å². The number of piperidine rings is 1. The van der Waals surface area contributed by atoms with Crippen LogP contribution in [0, 0.1) is 0 Å². The summed E-state index contributed by atoms with van der Waals surface area (Å²) in [4.78, 5) is 11.2. The van der Waals surface area contributed by atoms with Gasteiger partial charge in [0.05, 0.1) is 5.25 Å². The predicted octanol–water partition coefficient (Wildman–Crippen LogP) is 0.434. The number of nitrogens with zero attached hydrogens (tertiary/aromatic N) is 1. The minimum atomic E-state index is -3.51. The minimum Gasteiger partial charge on any atom is -0.480 e. The number of sulfonamides is 1. The summed E-state index contributed by atoms with van der Waals surface area (Å²) >= 11 is 0. The molecule has 18 heavy (non-hydrogen) atoms. The van der Waals surface area contributed by atoms with Crippen LogP contribution in [0.15, 0.2) is 0 Å². The molecule has 1 unspecified atom stereocenters. The lowest BCUT2D eigenvalue weighted by molar-refractivity contribution is -0.142. The smallest absolute Gasteiger partial charge is 0.322 e. The van der Waals surface area contributed by atoms with Crippen LogP contribution < -0.4 is 0 Å². The van der Waals surface area contributed by atoms with Crippen LogP contribution in [0.25, 0.3) is 0 Å². The number of carboxylic acids is 1. The number of hydrogen-bond acceptors (Lipinski definition) is 4. The Balaban J connectivity index is 2.18. The van der Waals surface area contributed by atoms with Crippen molar-refractivity contribution in [3.05, 3.63) is 0 Å². The Morgan fingerprint density at radius 2 is 1.83 bits per heavy atom. The molecule has 0 amide bonds. The summed E-state index contributed by atoms with van der Waals surface area (Å²) in [6.45, 7) is 1.21. The number of carbonyl (C=O) groups is 1. The Kier molecular flexibility index (Phi) is 4.24. The van der Waals surface area contributed by atoms with Gasteiger partial charge in [-0.15, -0.1) is 0 Å². The third-order valence-corrected chi connectivity index (χ3v) is 6.06. The molecule has 0 bridgehead atoms. The predicted molar refractivity (Wildman–Crippen MR) is 64.7 cm³/mol.